The standard InChI is InChI=1S/C13H22N2O/c1-3-5-6-11(4-2)9-15-10-12(8-14)7-13(15)16/h11-12H,3-7,9-10H2,1-2H3. The van der Waals surface area contributed by atoms with E-state index in [4.69, 9.17) is 5.26 Å². The minimum absolute atomic E-state index is 0.0730. The van der Waals surface area contributed by atoms with Crippen molar-refractivity contribution in [2.24, 2.45) is 11.8 Å². The summed E-state index contributed by atoms with van der Waals surface area (Å²) < 4.78 is 0. The number of unbranched alkanes of at least 4 members (excludes halogenated alkanes) is 1. The summed E-state index contributed by atoms with van der Waals surface area (Å²) in [5.41, 5.74) is 0. The molecule has 1 saturated heterocycles. The summed E-state index contributed by atoms with van der Waals surface area (Å²) in [7, 11) is 0. The van der Waals surface area contributed by atoms with Gasteiger partial charge in [-0.2, -0.15) is 5.26 Å². The molecule has 2 unspecified atom stereocenters. The lowest BCUT2D eigenvalue weighted by molar-refractivity contribution is -0.128. The zero-order valence-electron chi connectivity index (χ0n) is 10.4. The average molecular weight is 222 g/mol. The van der Waals surface area contributed by atoms with Gasteiger partial charge in [0.25, 0.3) is 0 Å². The second-order valence-corrected chi connectivity index (χ2v) is 4.75. The largest absolute Gasteiger partial charge is 0.341 e. The maximum Gasteiger partial charge on any atom is 0.224 e. The second-order valence-electron chi connectivity index (χ2n) is 4.75. The summed E-state index contributed by atoms with van der Waals surface area (Å²) in [6.07, 6.45) is 5.21. The van der Waals surface area contributed by atoms with Crippen LogP contribution in [0.15, 0.2) is 0 Å². The maximum atomic E-state index is 11.6. The molecule has 1 rings (SSSR count). The zero-order valence-corrected chi connectivity index (χ0v) is 10.4. The van der Waals surface area contributed by atoms with Gasteiger partial charge in [0, 0.05) is 19.5 Å². The topological polar surface area (TPSA) is 44.1 Å². The second kappa shape index (κ2) is 6.52. The van der Waals surface area contributed by atoms with Gasteiger partial charge in [-0.25, -0.2) is 0 Å². The zero-order chi connectivity index (χ0) is 12.0. The SMILES string of the molecule is CCCCC(CC)CN1CC(C#N)CC1=O. The fourth-order valence-electron chi connectivity index (χ4n) is 2.26. The van der Waals surface area contributed by atoms with Gasteiger partial charge >= 0.3 is 0 Å². The third kappa shape index (κ3) is 3.52. The van der Waals surface area contributed by atoms with Gasteiger partial charge < -0.3 is 4.90 Å². The molecule has 0 spiro atoms. The van der Waals surface area contributed by atoms with Crippen LogP contribution in [0.5, 0.6) is 0 Å². The maximum absolute atomic E-state index is 11.6. The number of amides is 1. The Morgan fingerprint density at radius 1 is 1.56 bits per heavy atom. The summed E-state index contributed by atoms with van der Waals surface area (Å²) in [5, 5.41) is 8.81. The van der Waals surface area contributed by atoms with Crippen LogP contribution in [0.3, 0.4) is 0 Å². The van der Waals surface area contributed by atoms with Gasteiger partial charge in [-0.3, -0.25) is 4.79 Å². The highest BCUT2D eigenvalue weighted by molar-refractivity contribution is 5.79. The molecule has 1 fully saturated rings. The molecule has 0 aromatic carbocycles. The molecule has 0 aliphatic carbocycles. The van der Waals surface area contributed by atoms with E-state index < -0.39 is 0 Å². The van der Waals surface area contributed by atoms with Crippen LogP contribution in [0.2, 0.25) is 0 Å². The molecule has 90 valence electrons. The predicted octanol–water partition coefficient (Wildman–Crippen LogP) is 2.57. The Balaban J connectivity index is 2.40. The highest BCUT2D eigenvalue weighted by Crippen LogP contribution is 2.21. The molecule has 2 atom stereocenters. The first-order valence-electron chi connectivity index (χ1n) is 6.38. The van der Waals surface area contributed by atoms with Crippen molar-refractivity contribution in [3.63, 3.8) is 0 Å². The van der Waals surface area contributed by atoms with E-state index in [1.807, 2.05) is 4.90 Å². The van der Waals surface area contributed by atoms with E-state index in [0.717, 1.165) is 13.0 Å². The van der Waals surface area contributed by atoms with Crippen LogP contribution in [0.1, 0.15) is 46.0 Å². The average Bonchev–Trinajstić information content (AvgIpc) is 2.65. The molecule has 16 heavy (non-hydrogen) atoms. The first-order valence-corrected chi connectivity index (χ1v) is 6.38. The van der Waals surface area contributed by atoms with Gasteiger partial charge in [0.05, 0.1) is 12.0 Å². The van der Waals surface area contributed by atoms with E-state index in [-0.39, 0.29) is 11.8 Å². The van der Waals surface area contributed by atoms with Crippen molar-refractivity contribution in [3.8, 4) is 6.07 Å². The Bertz CT molecular complexity index is 270. The lowest BCUT2D eigenvalue weighted by atomic mass is 9.99. The van der Waals surface area contributed by atoms with Crippen LogP contribution in [0, 0.1) is 23.2 Å². The van der Waals surface area contributed by atoms with Crippen LogP contribution >= 0.6 is 0 Å². The molecule has 3 nitrogen and oxygen atoms in total. The molecular weight excluding hydrogens is 200 g/mol. The molecule has 1 aliphatic rings. The van der Waals surface area contributed by atoms with Gasteiger partial charge in [-0.1, -0.05) is 33.1 Å². The highest BCUT2D eigenvalue weighted by atomic mass is 16.2. The molecule has 0 radical (unpaired) electrons. The number of hydrogen-bond donors (Lipinski definition) is 0. The van der Waals surface area contributed by atoms with Crippen molar-refractivity contribution in [3.05, 3.63) is 0 Å². The van der Waals surface area contributed by atoms with Crippen molar-refractivity contribution in [2.45, 2.75) is 46.0 Å². The van der Waals surface area contributed by atoms with Gasteiger partial charge in [-0.05, 0) is 12.3 Å². The molecule has 0 aromatic rings. The molecule has 0 aromatic heterocycles. The summed E-state index contributed by atoms with van der Waals surface area (Å²) in [5.74, 6) is 0.707. The Labute approximate surface area is 98.4 Å². The van der Waals surface area contributed by atoms with Crippen molar-refractivity contribution < 1.29 is 4.79 Å². The van der Waals surface area contributed by atoms with Crippen molar-refractivity contribution in [2.75, 3.05) is 13.1 Å². The lowest BCUT2D eigenvalue weighted by Gasteiger charge is -2.22. The van der Waals surface area contributed by atoms with Crippen LogP contribution in [0.25, 0.3) is 0 Å². The summed E-state index contributed by atoms with van der Waals surface area (Å²) in [6.45, 7) is 5.88. The normalized spacial score (nSPS) is 22.2. The van der Waals surface area contributed by atoms with E-state index in [2.05, 4.69) is 19.9 Å². The molecular formula is C13H22N2O. The molecule has 1 heterocycles. The fourth-order valence-corrected chi connectivity index (χ4v) is 2.26. The Morgan fingerprint density at radius 3 is 2.81 bits per heavy atom. The molecule has 3 heteroatoms. The molecule has 0 bridgehead atoms. The van der Waals surface area contributed by atoms with Gasteiger partial charge in [0.15, 0.2) is 0 Å². The third-order valence-corrected chi connectivity index (χ3v) is 3.42. The first-order chi connectivity index (χ1) is 7.71. The number of hydrogen-bond acceptors (Lipinski definition) is 2. The Morgan fingerprint density at radius 2 is 2.31 bits per heavy atom. The quantitative estimate of drug-likeness (QED) is 0.693. The van der Waals surface area contributed by atoms with E-state index >= 15 is 0 Å². The molecule has 1 aliphatic heterocycles. The predicted molar refractivity (Wildman–Crippen MR) is 63.6 cm³/mol. The van der Waals surface area contributed by atoms with Crippen LogP contribution in [0.4, 0.5) is 0 Å². The smallest absolute Gasteiger partial charge is 0.224 e. The summed E-state index contributed by atoms with van der Waals surface area (Å²) in [4.78, 5) is 13.5. The molecule has 0 saturated carbocycles. The van der Waals surface area contributed by atoms with Crippen LogP contribution in [-0.4, -0.2) is 23.9 Å². The van der Waals surface area contributed by atoms with Crippen molar-refractivity contribution >= 4 is 5.91 Å². The number of carbonyl (C=O) groups is 1. The molecule has 1 amide bonds. The van der Waals surface area contributed by atoms with Crippen LogP contribution < -0.4 is 0 Å². The van der Waals surface area contributed by atoms with Crippen molar-refractivity contribution in [1.82, 2.24) is 4.90 Å². The number of likely N-dealkylation sites (tertiary alicyclic amines) is 1. The number of nitrogens with zero attached hydrogens (tertiary/aromatic N) is 2. The highest BCUT2D eigenvalue weighted by Gasteiger charge is 2.30. The van der Waals surface area contributed by atoms with Crippen molar-refractivity contribution in [1.29, 1.82) is 5.26 Å². The summed E-state index contributed by atoms with van der Waals surface area (Å²) >= 11 is 0. The van der Waals surface area contributed by atoms with E-state index in [1.165, 1.54) is 19.3 Å². The van der Waals surface area contributed by atoms with E-state index in [1.54, 1.807) is 0 Å². The van der Waals surface area contributed by atoms with E-state index in [9.17, 15) is 4.79 Å². The van der Waals surface area contributed by atoms with Gasteiger partial charge in [0.2, 0.25) is 5.91 Å². The number of nitriles is 1. The monoisotopic (exact) mass is 222 g/mol. The lowest BCUT2D eigenvalue weighted by Crippen LogP contribution is -2.30. The minimum atomic E-state index is -0.0730. The summed E-state index contributed by atoms with van der Waals surface area (Å²) in [6, 6.07) is 2.20. The fraction of sp³-hybridized carbons (Fsp3) is 0.846. The number of carbonyl (C=O) groups excluding carboxylic acids is 1. The third-order valence-electron chi connectivity index (χ3n) is 3.42. The molecule has 0 N–H and O–H groups in total. The van der Waals surface area contributed by atoms with E-state index in [0.29, 0.717) is 18.9 Å². The Hall–Kier alpha value is -1.04. The van der Waals surface area contributed by atoms with Crippen LogP contribution in [-0.2, 0) is 4.79 Å². The first kappa shape index (κ1) is 13.0. The minimum Gasteiger partial charge on any atom is -0.341 e. The Kier molecular flexibility index (Phi) is 5.31. The van der Waals surface area contributed by atoms with Gasteiger partial charge in [0.1, 0.15) is 0 Å². The number of rotatable bonds is 6. The van der Waals surface area contributed by atoms with Gasteiger partial charge in [-0.15, -0.1) is 0 Å².